The van der Waals surface area contributed by atoms with Gasteiger partial charge >= 0.3 is 24.4 Å². The lowest BCUT2D eigenvalue weighted by Gasteiger charge is -2.32. The van der Waals surface area contributed by atoms with Gasteiger partial charge in [-0.15, -0.1) is 0 Å². The highest BCUT2D eigenvalue weighted by Gasteiger charge is 2.46. The summed E-state index contributed by atoms with van der Waals surface area (Å²) in [5.41, 5.74) is 0.688. The van der Waals surface area contributed by atoms with Crippen LogP contribution in [0.5, 0.6) is 5.75 Å². The summed E-state index contributed by atoms with van der Waals surface area (Å²) in [4.78, 5) is 147. The van der Waals surface area contributed by atoms with Crippen molar-refractivity contribution >= 4 is 70.7 Å². The van der Waals surface area contributed by atoms with E-state index in [0.717, 1.165) is 5.56 Å². The summed E-state index contributed by atoms with van der Waals surface area (Å²) < 4.78 is 29.8. The molecule has 98 heavy (non-hydrogen) atoms. The third-order valence-corrected chi connectivity index (χ3v) is 15.7. The first-order valence-electron chi connectivity index (χ1n) is 32.9. The summed E-state index contributed by atoms with van der Waals surface area (Å²) in [6.45, 7) is 15.3. The number of hydrogen-bond acceptors (Lipinski definition) is 15. The maximum atomic E-state index is 15.7. The van der Waals surface area contributed by atoms with E-state index in [-0.39, 0.29) is 83.3 Å². The van der Waals surface area contributed by atoms with Gasteiger partial charge < -0.3 is 71.1 Å². The van der Waals surface area contributed by atoms with Crippen LogP contribution in [-0.2, 0) is 73.6 Å². The highest BCUT2D eigenvalue weighted by Crippen LogP contribution is 2.28. The zero-order chi connectivity index (χ0) is 70.7. The SMILES string of the molecule is CC(C)(C)OC(=O)NCCCCC1NC(=O)C(Cc2cn(C(=O)OC(C)(C)C)c3ccccc23)NC(=O)C(c2ccccc2)NC(=O)C2CC(OC(=O)NCCNC(=O)OC(C)(C)C)CN2C(=O)C(Cc2ccccc2)NC(=O)C(Cc2ccc(OCc3ccccc3)cc2)NC1=O. The van der Waals surface area contributed by atoms with Gasteiger partial charge in [0.1, 0.15) is 71.5 Å². The lowest BCUT2D eigenvalue weighted by Crippen LogP contribution is -2.61. The molecule has 25 heteroatoms. The van der Waals surface area contributed by atoms with Gasteiger partial charge in [-0.3, -0.25) is 33.3 Å². The number of ether oxygens (including phenoxy) is 5. The van der Waals surface area contributed by atoms with Crippen molar-refractivity contribution < 1.29 is 71.6 Å². The van der Waals surface area contributed by atoms with Gasteiger partial charge in [0.05, 0.1) is 12.1 Å². The van der Waals surface area contributed by atoms with E-state index in [9.17, 15) is 19.2 Å². The van der Waals surface area contributed by atoms with Gasteiger partial charge in [-0.2, -0.15) is 0 Å². The van der Waals surface area contributed by atoms with Crippen molar-refractivity contribution in [2.24, 2.45) is 0 Å². The second-order valence-electron chi connectivity index (χ2n) is 27.2. The molecule has 25 nitrogen and oxygen atoms in total. The van der Waals surface area contributed by atoms with Gasteiger partial charge in [0.2, 0.25) is 35.4 Å². The molecular formula is C73H90N10O15. The second kappa shape index (κ2) is 33.5. The minimum absolute atomic E-state index is 0.0439. The fourth-order valence-electron chi connectivity index (χ4n) is 11.2. The van der Waals surface area contributed by atoms with E-state index in [0.29, 0.717) is 33.3 Å². The maximum Gasteiger partial charge on any atom is 0.419 e. The number of nitrogens with one attached hydrogen (secondary N) is 8. The van der Waals surface area contributed by atoms with Crippen molar-refractivity contribution in [3.8, 4) is 5.75 Å². The van der Waals surface area contributed by atoms with Crippen LogP contribution in [0.3, 0.4) is 0 Å². The predicted molar refractivity (Wildman–Crippen MR) is 364 cm³/mol. The highest BCUT2D eigenvalue weighted by atomic mass is 16.6. The molecule has 2 aliphatic heterocycles. The number of rotatable bonds is 19. The Morgan fingerprint density at radius 2 is 0.990 bits per heavy atom. The highest BCUT2D eigenvalue weighted by molar-refractivity contribution is 6.00. The van der Waals surface area contributed by atoms with Crippen LogP contribution < -0.4 is 47.3 Å². The minimum Gasteiger partial charge on any atom is -0.489 e. The number of benzene rings is 5. The molecule has 7 atom stereocenters. The van der Waals surface area contributed by atoms with Gasteiger partial charge in [0.25, 0.3) is 0 Å². The quantitative estimate of drug-likeness (QED) is 0.0284. The van der Waals surface area contributed by atoms with E-state index < -0.39 is 119 Å². The maximum absolute atomic E-state index is 15.7. The van der Waals surface area contributed by atoms with Crippen LogP contribution in [0.2, 0.25) is 0 Å². The first-order valence-corrected chi connectivity index (χ1v) is 32.9. The molecule has 0 spiro atoms. The third kappa shape index (κ3) is 22.3. The van der Waals surface area contributed by atoms with E-state index >= 15 is 28.8 Å². The summed E-state index contributed by atoms with van der Waals surface area (Å²) >= 11 is 0. The fourth-order valence-corrected chi connectivity index (χ4v) is 11.2. The Morgan fingerprint density at radius 1 is 0.490 bits per heavy atom. The average molecular weight is 1350 g/mol. The Labute approximate surface area is 570 Å². The minimum atomic E-state index is -1.58. The standard InChI is InChI=1S/C73H90N10O15/c1-71(2,3)96-68(91)74-36-22-21-30-54-61(84)78-55(39-47-32-34-51(35-33-47)94-45-48-25-15-11-16-26-48)62(85)80-57(40-46-23-13-10-14-24-46)66(89)82-44-52(95-67(90)75-37-38-76-69(92)97-72(4,5)6)42-59(82)64(87)81-60(49-27-17-12-18-28-49)65(88)79-56(63(86)77-54)41-50-43-83(70(93)98-73(7,8)9)58-31-20-19-29-53(50)58/h10-20,23-29,31-35,43,52,54-57,59-60H,21-22,30,36-42,44-45H2,1-9H3,(H,74,91)(H,75,90)(H,76,92)(H,77,86)(H,78,84)(H,79,88)(H,80,85)(H,81,87). The summed E-state index contributed by atoms with van der Waals surface area (Å²) in [6, 6.07) is 31.2. The molecule has 9 amide bonds. The number of alkyl carbamates (subject to hydrolysis) is 3. The predicted octanol–water partition coefficient (Wildman–Crippen LogP) is 7.76. The fraction of sp³-hybridized carbons (Fsp3) is 0.425. The van der Waals surface area contributed by atoms with E-state index in [1.165, 1.54) is 15.7 Å². The Kier molecular flexibility index (Phi) is 25.1. The number of amides is 9. The number of hydrogen-bond donors (Lipinski definition) is 8. The van der Waals surface area contributed by atoms with Crippen LogP contribution in [0.25, 0.3) is 10.9 Å². The van der Waals surface area contributed by atoms with E-state index in [4.69, 9.17) is 23.7 Å². The average Bonchev–Trinajstić information content (AvgIpc) is 1.62. The molecule has 2 aliphatic rings. The van der Waals surface area contributed by atoms with Crippen LogP contribution in [0.4, 0.5) is 19.2 Å². The number of aromatic nitrogens is 1. The third-order valence-electron chi connectivity index (χ3n) is 15.7. The Balaban J connectivity index is 1.20. The molecular weight excluding hydrogens is 1260 g/mol. The molecule has 0 bridgehead atoms. The first kappa shape index (κ1) is 73.4. The van der Waals surface area contributed by atoms with Crippen molar-refractivity contribution in [1.82, 2.24) is 52.0 Å². The van der Waals surface area contributed by atoms with Crippen molar-refractivity contribution in [3.05, 3.63) is 174 Å². The summed E-state index contributed by atoms with van der Waals surface area (Å²) in [5.74, 6) is -4.56. The topological polar surface area (TPSA) is 321 Å². The van der Waals surface area contributed by atoms with E-state index in [2.05, 4.69) is 42.5 Å². The zero-order valence-electron chi connectivity index (χ0n) is 56.9. The van der Waals surface area contributed by atoms with Crippen LogP contribution in [0, 0.1) is 0 Å². The molecule has 8 N–H and O–H groups in total. The van der Waals surface area contributed by atoms with Gasteiger partial charge in [-0.05, 0) is 128 Å². The lowest BCUT2D eigenvalue weighted by atomic mass is 9.99. The second-order valence-corrected chi connectivity index (χ2v) is 27.2. The summed E-state index contributed by atoms with van der Waals surface area (Å²) in [6.07, 6.45) is -3.19. The molecule has 3 heterocycles. The molecule has 2 saturated heterocycles. The molecule has 0 radical (unpaired) electrons. The van der Waals surface area contributed by atoms with Crippen molar-refractivity contribution in [3.63, 3.8) is 0 Å². The molecule has 0 aliphatic carbocycles. The first-order chi connectivity index (χ1) is 46.5. The summed E-state index contributed by atoms with van der Waals surface area (Å²) in [5, 5.41) is 22.8. The lowest BCUT2D eigenvalue weighted by molar-refractivity contribution is -0.143. The molecule has 7 unspecified atom stereocenters. The van der Waals surface area contributed by atoms with Gasteiger partial charge in [-0.25, -0.2) is 19.2 Å². The number of unbranched alkanes of at least 4 members (excludes halogenated alkanes) is 1. The summed E-state index contributed by atoms with van der Waals surface area (Å²) in [7, 11) is 0. The molecule has 5 aromatic carbocycles. The number of para-hydroxylation sites is 1. The van der Waals surface area contributed by atoms with Crippen molar-refractivity contribution in [2.75, 3.05) is 26.2 Å². The Morgan fingerprint density at radius 3 is 1.61 bits per heavy atom. The normalized spacial score (nSPS) is 19.8. The molecule has 6 aromatic rings. The number of carbonyl (C=O) groups excluding carboxylic acids is 10. The molecule has 8 rings (SSSR count). The molecule has 0 saturated carbocycles. The largest absolute Gasteiger partial charge is 0.489 e. The van der Waals surface area contributed by atoms with Crippen LogP contribution >= 0.6 is 0 Å². The van der Waals surface area contributed by atoms with Gasteiger partial charge in [0.15, 0.2) is 0 Å². The zero-order valence-corrected chi connectivity index (χ0v) is 56.9. The molecule has 2 fully saturated rings. The van der Waals surface area contributed by atoms with Crippen molar-refractivity contribution in [2.45, 2.75) is 173 Å². The number of carbonyl (C=O) groups is 10. The van der Waals surface area contributed by atoms with Crippen LogP contribution in [0.1, 0.15) is 122 Å². The number of nitrogens with zero attached hydrogens (tertiary/aromatic N) is 2. The molecule has 522 valence electrons. The smallest absolute Gasteiger partial charge is 0.419 e. The Bertz CT molecular complexity index is 3750. The van der Waals surface area contributed by atoms with E-state index in [1.807, 2.05) is 30.3 Å². The van der Waals surface area contributed by atoms with E-state index in [1.54, 1.807) is 172 Å². The monoisotopic (exact) mass is 1350 g/mol. The van der Waals surface area contributed by atoms with Crippen LogP contribution in [-0.4, -0.2) is 149 Å². The van der Waals surface area contributed by atoms with Crippen LogP contribution in [0.15, 0.2) is 146 Å². The molecule has 1 aromatic heterocycles. The Hall–Kier alpha value is -10.5. The van der Waals surface area contributed by atoms with Gasteiger partial charge in [-0.1, -0.05) is 121 Å². The van der Waals surface area contributed by atoms with Gasteiger partial charge in [0, 0.05) is 56.9 Å². The van der Waals surface area contributed by atoms with Crippen molar-refractivity contribution in [1.29, 1.82) is 0 Å². The number of fused-ring (bicyclic) bond motifs is 2.